The van der Waals surface area contributed by atoms with Crippen LogP contribution in [0.4, 0.5) is 0 Å². The molecule has 12 heavy (non-hydrogen) atoms. The molecule has 0 atom stereocenters. The highest BCUT2D eigenvalue weighted by molar-refractivity contribution is 8.67. The standard InChI is InChI=1S/C7H17O2PS2/c1-4-5-6-7-12-10(11,8-2)9-3/h4-7H2,1-3H3. The van der Waals surface area contributed by atoms with E-state index in [1.54, 1.807) is 25.6 Å². The molecular weight excluding hydrogens is 211 g/mol. The Labute approximate surface area is 84.3 Å². The molecule has 0 amide bonds. The predicted molar refractivity (Wildman–Crippen MR) is 60.3 cm³/mol. The molecule has 0 unspecified atom stereocenters. The van der Waals surface area contributed by atoms with Gasteiger partial charge in [0.1, 0.15) is 0 Å². The molecular formula is C7H17O2PS2. The quantitative estimate of drug-likeness (QED) is 0.490. The maximum Gasteiger partial charge on any atom is 0.246 e. The Morgan fingerprint density at radius 1 is 1.25 bits per heavy atom. The predicted octanol–water partition coefficient (Wildman–Crippen LogP) is 3.43. The minimum atomic E-state index is -1.97. The largest absolute Gasteiger partial charge is 0.325 e. The zero-order valence-electron chi connectivity index (χ0n) is 7.91. The summed E-state index contributed by atoms with van der Waals surface area (Å²) in [4.78, 5) is 0. The normalized spacial score (nSPS) is 11.9. The molecule has 0 aliphatic heterocycles. The Morgan fingerprint density at radius 2 is 1.83 bits per heavy atom. The molecule has 0 heterocycles. The summed E-state index contributed by atoms with van der Waals surface area (Å²) in [5.74, 6) is 1.05. The van der Waals surface area contributed by atoms with Gasteiger partial charge >= 0.3 is 0 Å². The van der Waals surface area contributed by atoms with Gasteiger partial charge in [0.25, 0.3) is 0 Å². The average molecular weight is 228 g/mol. The molecule has 0 radical (unpaired) electrons. The van der Waals surface area contributed by atoms with E-state index in [1.165, 1.54) is 19.3 Å². The van der Waals surface area contributed by atoms with Gasteiger partial charge in [-0.2, -0.15) is 0 Å². The first-order valence-corrected chi connectivity index (χ1v) is 8.27. The molecule has 5 heteroatoms. The highest BCUT2D eigenvalue weighted by atomic mass is 32.9. The van der Waals surface area contributed by atoms with E-state index in [2.05, 4.69) is 6.92 Å². The van der Waals surface area contributed by atoms with Gasteiger partial charge in [0.15, 0.2) is 0 Å². The summed E-state index contributed by atoms with van der Waals surface area (Å²) in [5, 5.41) is 0. The molecule has 0 N–H and O–H groups in total. The fourth-order valence-electron chi connectivity index (χ4n) is 0.708. The smallest absolute Gasteiger partial charge is 0.246 e. The molecule has 0 saturated heterocycles. The summed E-state index contributed by atoms with van der Waals surface area (Å²) in [6, 6.07) is 0. The number of hydrogen-bond donors (Lipinski definition) is 0. The van der Waals surface area contributed by atoms with E-state index in [9.17, 15) is 0 Å². The lowest BCUT2D eigenvalue weighted by atomic mass is 10.3. The molecule has 0 aromatic heterocycles. The summed E-state index contributed by atoms with van der Waals surface area (Å²) < 4.78 is 10.3. The minimum absolute atomic E-state index is 1.05. The van der Waals surface area contributed by atoms with Crippen molar-refractivity contribution in [1.82, 2.24) is 0 Å². The molecule has 2 nitrogen and oxygen atoms in total. The number of unbranched alkanes of at least 4 members (excludes halogenated alkanes) is 2. The second-order valence-electron chi connectivity index (χ2n) is 2.35. The molecule has 0 aromatic rings. The van der Waals surface area contributed by atoms with Gasteiger partial charge in [0.05, 0.1) is 0 Å². The van der Waals surface area contributed by atoms with Gasteiger partial charge < -0.3 is 9.05 Å². The Hall–Kier alpha value is 0.920. The SMILES string of the molecule is CCCCCSP(=S)(OC)OC. The fourth-order valence-corrected chi connectivity index (χ4v) is 3.99. The van der Waals surface area contributed by atoms with Crippen LogP contribution in [0, 0.1) is 0 Å². The molecule has 0 saturated carbocycles. The molecule has 0 aliphatic carbocycles. The summed E-state index contributed by atoms with van der Waals surface area (Å²) >= 11 is 6.83. The first kappa shape index (κ1) is 12.9. The third kappa shape index (κ3) is 5.55. The van der Waals surface area contributed by atoms with E-state index in [1.807, 2.05) is 0 Å². The van der Waals surface area contributed by atoms with Crippen LogP contribution >= 0.6 is 17.1 Å². The zero-order valence-corrected chi connectivity index (χ0v) is 10.4. The van der Waals surface area contributed by atoms with Crippen LogP contribution in [-0.2, 0) is 20.9 Å². The third-order valence-corrected chi connectivity index (χ3v) is 7.36. The van der Waals surface area contributed by atoms with E-state index in [4.69, 9.17) is 20.9 Å². The van der Waals surface area contributed by atoms with Crippen LogP contribution in [0.3, 0.4) is 0 Å². The molecule has 0 spiro atoms. The first-order valence-electron chi connectivity index (χ1n) is 4.04. The fraction of sp³-hybridized carbons (Fsp3) is 1.00. The summed E-state index contributed by atoms with van der Waals surface area (Å²) in [6.07, 6.45) is 3.70. The van der Waals surface area contributed by atoms with Gasteiger partial charge in [-0.1, -0.05) is 31.1 Å². The van der Waals surface area contributed by atoms with Crippen molar-refractivity contribution >= 4 is 28.9 Å². The summed E-state index contributed by atoms with van der Waals surface area (Å²) in [5.41, 5.74) is -1.97. The monoisotopic (exact) mass is 228 g/mol. The van der Waals surface area contributed by atoms with Crippen molar-refractivity contribution in [3.8, 4) is 0 Å². The van der Waals surface area contributed by atoms with Crippen molar-refractivity contribution in [3.63, 3.8) is 0 Å². The minimum Gasteiger partial charge on any atom is -0.325 e. The van der Waals surface area contributed by atoms with Gasteiger partial charge in [0.2, 0.25) is 5.69 Å². The molecule has 0 aromatic carbocycles. The maximum absolute atomic E-state index is 5.18. The van der Waals surface area contributed by atoms with Crippen LogP contribution in [0.15, 0.2) is 0 Å². The van der Waals surface area contributed by atoms with Gasteiger partial charge in [-0.05, 0) is 18.2 Å². The van der Waals surface area contributed by atoms with Crippen LogP contribution in [0.2, 0.25) is 0 Å². The van der Waals surface area contributed by atoms with E-state index in [-0.39, 0.29) is 0 Å². The Balaban J connectivity index is 3.52. The Morgan fingerprint density at radius 3 is 2.25 bits per heavy atom. The third-order valence-electron chi connectivity index (χ3n) is 1.44. The average Bonchev–Trinajstić information content (AvgIpc) is 2.12. The van der Waals surface area contributed by atoms with Gasteiger partial charge in [0, 0.05) is 20.0 Å². The highest BCUT2D eigenvalue weighted by Crippen LogP contribution is 2.59. The highest BCUT2D eigenvalue weighted by Gasteiger charge is 2.14. The lowest BCUT2D eigenvalue weighted by Crippen LogP contribution is -1.85. The molecule has 0 rings (SSSR count). The van der Waals surface area contributed by atoms with Crippen LogP contribution in [0.1, 0.15) is 26.2 Å². The van der Waals surface area contributed by atoms with Crippen LogP contribution in [0.25, 0.3) is 0 Å². The van der Waals surface area contributed by atoms with Gasteiger partial charge in [-0.15, -0.1) is 0 Å². The van der Waals surface area contributed by atoms with Crippen molar-refractivity contribution < 1.29 is 9.05 Å². The molecule has 0 bridgehead atoms. The second-order valence-corrected chi connectivity index (χ2v) is 9.00. The lowest BCUT2D eigenvalue weighted by Gasteiger charge is -2.15. The molecule has 74 valence electrons. The molecule has 0 aliphatic rings. The first-order chi connectivity index (χ1) is 5.68. The van der Waals surface area contributed by atoms with Crippen LogP contribution in [-0.4, -0.2) is 20.0 Å². The van der Waals surface area contributed by atoms with E-state index < -0.39 is 5.69 Å². The number of rotatable bonds is 7. The Kier molecular flexibility index (Phi) is 7.90. The second kappa shape index (κ2) is 7.34. The van der Waals surface area contributed by atoms with Crippen LogP contribution < -0.4 is 0 Å². The van der Waals surface area contributed by atoms with Crippen molar-refractivity contribution in [2.24, 2.45) is 0 Å². The number of hydrogen-bond acceptors (Lipinski definition) is 4. The topological polar surface area (TPSA) is 18.5 Å². The Bertz CT molecular complexity index is 144. The maximum atomic E-state index is 5.18. The summed E-state index contributed by atoms with van der Waals surface area (Å²) in [6.45, 7) is 2.19. The van der Waals surface area contributed by atoms with Crippen molar-refractivity contribution in [3.05, 3.63) is 0 Å². The zero-order chi connectivity index (χ0) is 9.45. The summed E-state index contributed by atoms with van der Waals surface area (Å²) in [7, 11) is 3.24. The van der Waals surface area contributed by atoms with Crippen molar-refractivity contribution in [2.75, 3.05) is 20.0 Å². The van der Waals surface area contributed by atoms with Crippen molar-refractivity contribution in [1.29, 1.82) is 0 Å². The van der Waals surface area contributed by atoms with E-state index >= 15 is 0 Å². The van der Waals surface area contributed by atoms with Crippen LogP contribution in [0.5, 0.6) is 0 Å². The van der Waals surface area contributed by atoms with E-state index in [0.29, 0.717) is 0 Å². The lowest BCUT2D eigenvalue weighted by molar-refractivity contribution is 0.354. The van der Waals surface area contributed by atoms with E-state index in [0.717, 1.165) is 5.75 Å². The van der Waals surface area contributed by atoms with Crippen molar-refractivity contribution in [2.45, 2.75) is 26.2 Å². The van der Waals surface area contributed by atoms with Gasteiger partial charge in [-0.25, -0.2) is 0 Å². The molecule has 0 fully saturated rings. The van der Waals surface area contributed by atoms with Gasteiger partial charge in [-0.3, -0.25) is 0 Å².